The van der Waals surface area contributed by atoms with Gasteiger partial charge in [0, 0.05) is 5.69 Å². The van der Waals surface area contributed by atoms with E-state index in [2.05, 4.69) is 10.1 Å². The molecule has 1 aliphatic carbocycles. The van der Waals surface area contributed by atoms with Crippen LogP contribution >= 0.6 is 12.4 Å². The van der Waals surface area contributed by atoms with E-state index in [1.54, 1.807) is 18.2 Å². The number of carbonyl (C=O) groups is 2. The van der Waals surface area contributed by atoms with Crippen LogP contribution in [0.25, 0.3) is 0 Å². The molecule has 0 unspecified atom stereocenters. The Morgan fingerprint density at radius 3 is 2.48 bits per heavy atom. The second-order valence-electron chi connectivity index (χ2n) is 5.34. The fraction of sp³-hybridized carbons (Fsp3) is 0.467. The Hall–Kier alpha value is -1.59. The SMILES string of the molecule is COC(=O)c1ccc(C)c(NC(=O)C2(N)CCCC2)c1.Cl. The van der Waals surface area contributed by atoms with Crippen LogP contribution in [-0.4, -0.2) is 24.5 Å². The van der Waals surface area contributed by atoms with Crippen molar-refractivity contribution in [3.8, 4) is 0 Å². The fourth-order valence-electron chi connectivity index (χ4n) is 2.48. The molecule has 0 aliphatic heterocycles. The van der Waals surface area contributed by atoms with Crippen molar-refractivity contribution in [3.05, 3.63) is 29.3 Å². The first-order chi connectivity index (χ1) is 9.46. The number of hydrogen-bond donors (Lipinski definition) is 2. The average Bonchev–Trinajstić information content (AvgIpc) is 2.88. The number of rotatable bonds is 3. The van der Waals surface area contributed by atoms with Crippen molar-refractivity contribution >= 4 is 30.0 Å². The van der Waals surface area contributed by atoms with Gasteiger partial charge in [0.2, 0.25) is 5.91 Å². The lowest BCUT2D eigenvalue weighted by Gasteiger charge is -2.23. The lowest BCUT2D eigenvalue weighted by Crippen LogP contribution is -2.48. The number of esters is 1. The number of hydrogen-bond acceptors (Lipinski definition) is 4. The van der Waals surface area contributed by atoms with E-state index in [1.165, 1.54) is 7.11 Å². The second-order valence-corrected chi connectivity index (χ2v) is 5.34. The maximum Gasteiger partial charge on any atom is 0.337 e. The number of amides is 1. The molecule has 0 saturated heterocycles. The molecule has 5 nitrogen and oxygen atoms in total. The van der Waals surface area contributed by atoms with E-state index in [-0.39, 0.29) is 18.3 Å². The summed E-state index contributed by atoms with van der Waals surface area (Å²) in [6, 6.07) is 5.07. The molecular formula is C15H21ClN2O3. The number of carbonyl (C=O) groups excluding carboxylic acids is 2. The topological polar surface area (TPSA) is 81.4 Å². The normalized spacial score (nSPS) is 16.0. The van der Waals surface area contributed by atoms with Crippen LogP contribution in [0.3, 0.4) is 0 Å². The van der Waals surface area contributed by atoms with Crippen LogP contribution in [0.1, 0.15) is 41.6 Å². The number of ether oxygens (including phenoxy) is 1. The van der Waals surface area contributed by atoms with E-state index >= 15 is 0 Å². The lowest BCUT2D eigenvalue weighted by molar-refractivity contribution is -0.121. The van der Waals surface area contributed by atoms with Gasteiger partial charge in [0.05, 0.1) is 18.2 Å². The van der Waals surface area contributed by atoms with Gasteiger partial charge < -0.3 is 15.8 Å². The number of nitrogens with two attached hydrogens (primary N) is 1. The lowest BCUT2D eigenvalue weighted by atomic mass is 9.97. The van der Waals surface area contributed by atoms with Gasteiger partial charge in [0.15, 0.2) is 0 Å². The zero-order valence-corrected chi connectivity index (χ0v) is 13.1. The largest absolute Gasteiger partial charge is 0.465 e. The van der Waals surface area contributed by atoms with Crippen molar-refractivity contribution in [1.29, 1.82) is 0 Å². The minimum Gasteiger partial charge on any atom is -0.465 e. The fourth-order valence-corrected chi connectivity index (χ4v) is 2.48. The molecule has 0 bridgehead atoms. The highest BCUT2D eigenvalue weighted by molar-refractivity contribution is 6.00. The first-order valence-electron chi connectivity index (χ1n) is 6.75. The van der Waals surface area contributed by atoms with Gasteiger partial charge in [-0.2, -0.15) is 0 Å². The van der Waals surface area contributed by atoms with E-state index in [1.807, 2.05) is 6.92 Å². The Kier molecular flexibility index (Phi) is 5.75. The number of methoxy groups -OCH3 is 1. The Labute approximate surface area is 130 Å². The monoisotopic (exact) mass is 312 g/mol. The summed E-state index contributed by atoms with van der Waals surface area (Å²) in [6.45, 7) is 1.87. The molecule has 6 heteroatoms. The standard InChI is InChI=1S/C15H20N2O3.ClH/c1-10-5-6-11(13(18)20-2)9-12(10)17-14(19)15(16)7-3-4-8-15;/h5-6,9H,3-4,7-8,16H2,1-2H3,(H,17,19);1H. The molecule has 1 amide bonds. The molecule has 21 heavy (non-hydrogen) atoms. The van der Waals surface area contributed by atoms with Gasteiger partial charge in [-0.15, -0.1) is 12.4 Å². The third kappa shape index (κ3) is 3.74. The van der Waals surface area contributed by atoms with Crippen LogP contribution < -0.4 is 11.1 Å². The van der Waals surface area contributed by atoms with Crippen LogP contribution in [0.2, 0.25) is 0 Å². The molecule has 1 saturated carbocycles. The van der Waals surface area contributed by atoms with Crippen molar-refractivity contribution < 1.29 is 14.3 Å². The maximum atomic E-state index is 12.3. The second kappa shape index (κ2) is 6.91. The van der Waals surface area contributed by atoms with E-state index in [0.29, 0.717) is 24.1 Å². The Balaban J connectivity index is 0.00000220. The van der Waals surface area contributed by atoms with E-state index in [4.69, 9.17) is 5.73 Å². The molecule has 1 aromatic carbocycles. The van der Waals surface area contributed by atoms with Gasteiger partial charge >= 0.3 is 5.97 Å². The average molecular weight is 313 g/mol. The predicted molar refractivity (Wildman–Crippen MR) is 83.8 cm³/mol. The maximum absolute atomic E-state index is 12.3. The highest BCUT2D eigenvalue weighted by atomic mass is 35.5. The molecule has 1 fully saturated rings. The number of anilines is 1. The summed E-state index contributed by atoms with van der Waals surface area (Å²) < 4.78 is 4.68. The quantitative estimate of drug-likeness (QED) is 0.840. The molecular weight excluding hydrogens is 292 g/mol. The summed E-state index contributed by atoms with van der Waals surface area (Å²) in [6.07, 6.45) is 3.36. The van der Waals surface area contributed by atoms with E-state index in [0.717, 1.165) is 18.4 Å². The van der Waals surface area contributed by atoms with Gasteiger partial charge in [-0.25, -0.2) is 4.79 Å². The van der Waals surface area contributed by atoms with Crippen LogP contribution in [-0.2, 0) is 9.53 Å². The summed E-state index contributed by atoms with van der Waals surface area (Å²) in [5.74, 6) is -0.607. The van der Waals surface area contributed by atoms with Crippen LogP contribution in [0, 0.1) is 6.92 Å². The van der Waals surface area contributed by atoms with Crippen molar-refractivity contribution in [2.45, 2.75) is 38.1 Å². The highest BCUT2D eigenvalue weighted by Gasteiger charge is 2.37. The van der Waals surface area contributed by atoms with Gasteiger partial charge in [0.25, 0.3) is 0 Å². The first kappa shape index (κ1) is 17.5. The van der Waals surface area contributed by atoms with Gasteiger partial charge in [-0.1, -0.05) is 18.9 Å². The number of aryl methyl sites for hydroxylation is 1. The highest BCUT2D eigenvalue weighted by Crippen LogP contribution is 2.29. The van der Waals surface area contributed by atoms with Crippen molar-refractivity contribution in [1.82, 2.24) is 0 Å². The Morgan fingerprint density at radius 2 is 1.90 bits per heavy atom. The van der Waals surface area contributed by atoms with Crippen LogP contribution in [0.5, 0.6) is 0 Å². The van der Waals surface area contributed by atoms with Crippen molar-refractivity contribution in [3.63, 3.8) is 0 Å². The molecule has 0 heterocycles. The summed E-state index contributed by atoms with van der Waals surface area (Å²) in [5, 5.41) is 2.84. The van der Waals surface area contributed by atoms with Crippen LogP contribution in [0.4, 0.5) is 5.69 Å². The molecule has 1 aromatic rings. The third-order valence-corrected chi connectivity index (χ3v) is 3.85. The number of halogens is 1. The Bertz CT molecular complexity index is 540. The van der Waals surface area contributed by atoms with Gasteiger partial charge in [-0.05, 0) is 37.5 Å². The molecule has 2 rings (SSSR count). The number of benzene rings is 1. The van der Waals surface area contributed by atoms with Crippen molar-refractivity contribution in [2.75, 3.05) is 12.4 Å². The van der Waals surface area contributed by atoms with E-state index in [9.17, 15) is 9.59 Å². The van der Waals surface area contributed by atoms with Gasteiger partial charge in [-0.3, -0.25) is 4.79 Å². The minimum atomic E-state index is -0.784. The summed E-state index contributed by atoms with van der Waals surface area (Å²) in [5.41, 5.74) is 7.23. The molecule has 0 aromatic heterocycles. The molecule has 1 aliphatic rings. The Morgan fingerprint density at radius 1 is 1.29 bits per heavy atom. The summed E-state index contributed by atoms with van der Waals surface area (Å²) >= 11 is 0. The third-order valence-electron chi connectivity index (χ3n) is 3.85. The molecule has 0 spiro atoms. The predicted octanol–water partition coefficient (Wildman–Crippen LogP) is 2.41. The number of nitrogens with one attached hydrogen (secondary N) is 1. The van der Waals surface area contributed by atoms with Crippen LogP contribution in [0.15, 0.2) is 18.2 Å². The summed E-state index contributed by atoms with van der Waals surface area (Å²) in [4.78, 5) is 23.8. The van der Waals surface area contributed by atoms with Crippen molar-refractivity contribution in [2.24, 2.45) is 5.73 Å². The minimum absolute atomic E-state index is 0. The van der Waals surface area contributed by atoms with Gasteiger partial charge in [0.1, 0.15) is 0 Å². The molecule has 0 radical (unpaired) electrons. The first-order valence-corrected chi connectivity index (χ1v) is 6.75. The zero-order valence-electron chi connectivity index (χ0n) is 12.3. The smallest absolute Gasteiger partial charge is 0.337 e. The molecule has 0 atom stereocenters. The zero-order chi connectivity index (χ0) is 14.8. The molecule has 3 N–H and O–H groups in total. The molecule has 116 valence electrons. The van der Waals surface area contributed by atoms with E-state index < -0.39 is 11.5 Å². The summed E-state index contributed by atoms with van der Waals surface area (Å²) in [7, 11) is 1.33.